The SMILES string of the molecule is CN(CC(C)(C)CN)C(=O)Cc1ccc(Cl)cc1.Cl. The fraction of sp³-hybridized carbons (Fsp3) is 0.500. The molecule has 1 aromatic rings. The second-order valence-electron chi connectivity index (χ2n) is 5.42. The predicted molar refractivity (Wildman–Crippen MR) is 82.9 cm³/mol. The first kappa shape index (κ1) is 18.2. The number of hydrogen-bond acceptors (Lipinski definition) is 2. The van der Waals surface area contributed by atoms with Crippen molar-refractivity contribution >= 4 is 29.9 Å². The Balaban J connectivity index is 0.00000324. The monoisotopic (exact) mass is 304 g/mol. The zero-order chi connectivity index (χ0) is 13.8. The summed E-state index contributed by atoms with van der Waals surface area (Å²) >= 11 is 5.81. The van der Waals surface area contributed by atoms with Crippen LogP contribution in [0.15, 0.2) is 24.3 Å². The Morgan fingerprint density at radius 1 is 1.32 bits per heavy atom. The van der Waals surface area contributed by atoms with Gasteiger partial charge >= 0.3 is 0 Å². The highest BCUT2D eigenvalue weighted by molar-refractivity contribution is 6.30. The van der Waals surface area contributed by atoms with E-state index < -0.39 is 0 Å². The van der Waals surface area contributed by atoms with Crippen molar-refractivity contribution in [3.63, 3.8) is 0 Å². The average Bonchev–Trinajstić information content (AvgIpc) is 2.31. The van der Waals surface area contributed by atoms with Gasteiger partial charge < -0.3 is 10.6 Å². The van der Waals surface area contributed by atoms with Crippen LogP contribution in [-0.4, -0.2) is 30.9 Å². The Labute approximate surface area is 126 Å². The molecule has 0 atom stereocenters. The lowest BCUT2D eigenvalue weighted by atomic mass is 9.93. The van der Waals surface area contributed by atoms with Gasteiger partial charge in [0.25, 0.3) is 0 Å². The van der Waals surface area contributed by atoms with Gasteiger partial charge in [0.05, 0.1) is 6.42 Å². The summed E-state index contributed by atoms with van der Waals surface area (Å²) in [5.74, 6) is 0.0962. The van der Waals surface area contributed by atoms with Crippen molar-refractivity contribution in [2.45, 2.75) is 20.3 Å². The van der Waals surface area contributed by atoms with Crippen molar-refractivity contribution in [2.24, 2.45) is 11.1 Å². The molecule has 0 spiro atoms. The van der Waals surface area contributed by atoms with E-state index in [2.05, 4.69) is 13.8 Å². The molecule has 1 rings (SSSR count). The van der Waals surface area contributed by atoms with Crippen LogP contribution in [-0.2, 0) is 11.2 Å². The number of nitrogens with two attached hydrogens (primary N) is 1. The van der Waals surface area contributed by atoms with Gasteiger partial charge in [0.2, 0.25) is 5.91 Å². The van der Waals surface area contributed by atoms with Gasteiger partial charge in [-0.3, -0.25) is 4.79 Å². The van der Waals surface area contributed by atoms with Gasteiger partial charge in [-0.05, 0) is 29.7 Å². The summed E-state index contributed by atoms with van der Waals surface area (Å²) in [7, 11) is 1.82. The van der Waals surface area contributed by atoms with E-state index in [1.54, 1.807) is 17.0 Å². The van der Waals surface area contributed by atoms with Gasteiger partial charge in [0.15, 0.2) is 0 Å². The highest BCUT2D eigenvalue weighted by atomic mass is 35.5. The molecule has 0 radical (unpaired) electrons. The average molecular weight is 305 g/mol. The smallest absolute Gasteiger partial charge is 0.226 e. The molecule has 0 unspecified atom stereocenters. The first-order valence-corrected chi connectivity index (χ1v) is 6.40. The molecule has 1 amide bonds. The zero-order valence-corrected chi connectivity index (χ0v) is 13.2. The molecule has 1 aromatic carbocycles. The Bertz CT molecular complexity index is 404. The quantitative estimate of drug-likeness (QED) is 0.909. The molecule has 0 aliphatic rings. The number of benzene rings is 1. The Morgan fingerprint density at radius 3 is 2.32 bits per heavy atom. The maximum atomic E-state index is 12.0. The molecule has 0 heterocycles. The molecule has 19 heavy (non-hydrogen) atoms. The molecule has 0 fully saturated rings. The van der Waals surface area contributed by atoms with Crippen LogP contribution in [0.3, 0.4) is 0 Å². The number of rotatable bonds is 5. The molecule has 5 heteroatoms. The molecule has 0 aliphatic carbocycles. The number of carbonyl (C=O) groups is 1. The third-order valence-electron chi connectivity index (χ3n) is 2.91. The largest absolute Gasteiger partial charge is 0.345 e. The zero-order valence-electron chi connectivity index (χ0n) is 11.6. The Hall–Kier alpha value is -0.770. The van der Waals surface area contributed by atoms with Gasteiger partial charge in [0, 0.05) is 18.6 Å². The van der Waals surface area contributed by atoms with Crippen LogP contribution in [0.5, 0.6) is 0 Å². The van der Waals surface area contributed by atoms with E-state index in [0.29, 0.717) is 24.5 Å². The third-order valence-corrected chi connectivity index (χ3v) is 3.16. The van der Waals surface area contributed by atoms with E-state index in [1.807, 2.05) is 19.2 Å². The first-order valence-electron chi connectivity index (χ1n) is 6.02. The predicted octanol–water partition coefficient (Wildman–Crippen LogP) is 2.75. The van der Waals surface area contributed by atoms with E-state index in [9.17, 15) is 4.79 Å². The summed E-state index contributed by atoms with van der Waals surface area (Å²) in [4.78, 5) is 13.8. The van der Waals surface area contributed by atoms with E-state index >= 15 is 0 Å². The lowest BCUT2D eigenvalue weighted by molar-refractivity contribution is -0.130. The number of carbonyl (C=O) groups excluding carboxylic acids is 1. The van der Waals surface area contributed by atoms with E-state index in [1.165, 1.54) is 0 Å². The third kappa shape index (κ3) is 6.28. The van der Waals surface area contributed by atoms with Crippen molar-refractivity contribution in [1.82, 2.24) is 4.90 Å². The first-order chi connectivity index (χ1) is 8.34. The number of likely N-dealkylation sites (N-methyl/N-ethyl adjacent to an activating group) is 1. The Kier molecular flexibility index (Phi) is 7.42. The second kappa shape index (κ2) is 7.73. The van der Waals surface area contributed by atoms with Crippen LogP contribution >= 0.6 is 24.0 Å². The summed E-state index contributed by atoms with van der Waals surface area (Å²) in [5, 5.41) is 0.684. The minimum Gasteiger partial charge on any atom is -0.345 e. The fourth-order valence-corrected chi connectivity index (χ4v) is 1.83. The van der Waals surface area contributed by atoms with Crippen LogP contribution in [0.1, 0.15) is 19.4 Å². The molecule has 0 saturated heterocycles. The van der Waals surface area contributed by atoms with Crippen molar-refractivity contribution in [3.05, 3.63) is 34.9 Å². The van der Waals surface area contributed by atoms with Gasteiger partial charge in [-0.1, -0.05) is 37.6 Å². The van der Waals surface area contributed by atoms with Crippen LogP contribution in [0.4, 0.5) is 0 Å². The minimum absolute atomic E-state index is 0. The van der Waals surface area contributed by atoms with Crippen LogP contribution < -0.4 is 5.73 Å². The summed E-state index contributed by atoms with van der Waals surface area (Å²) in [6, 6.07) is 7.35. The Morgan fingerprint density at radius 2 is 1.84 bits per heavy atom. The number of amides is 1. The highest BCUT2D eigenvalue weighted by Crippen LogP contribution is 2.15. The van der Waals surface area contributed by atoms with E-state index in [0.717, 1.165) is 5.56 Å². The molecule has 0 aromatic heterocycles. The van der Waals surface area contributed by atoms with Crippen LogP contribution in [0.25, 0.3) is 0 Å². The maximum Gasteiger partial charge on any atom is 0.226 e. The van der Waals surface area contributed by atoms with Gasteiger partial charge in [-0.15, -0.1) is 12.4 Å². The van der Waals surface area contributed by atoms with Crippen LogP contribution in [0, 0.1) is 5.41 Å². The van der Waals surface area contributed by atoms with Gasteiger partial charge in [-0.2, -0.15) is 0 Å². The van der Waals surface area contributed by atoms with Crippen LogP contribution in [0.2, 0.25) is 5.02 Å². The summed E-state index contributed by atoms with van der Waals surface area (Å²) < 4.78 is 0. The summed E-state index contributed by atoms with van der Waals surface area (Å²) in [5.41, 5.74) is 6.59. The van der Waals surface area contributed by atoms with Crippen molar-refractivity contribution in [2.75, 3.05) is 20.1 Å². The molecule has 3 nitrogen and oxygen atoms in total. The highest BCUT2D eigenvalue weighted by Gasteiger charge is 2.21. The standard InChI is InChI=1S/C14H21ClN2O.ClH/c1-14(2,9-16)10-17(3)13(18)8-11-4-6-12(15)7-5-11;/h4-7H,8-10,16H2,1-3H3;1H. The molecular formula is C14H22Cl2N2O. The van der Waals surface area contributed by atoms with E-state index in [-0.39, 0.29) is 23.7 Å². The fourth-order valence-electron chi connectivity index (χ4n) is 1.71. The number of nitrogens with zero attached hydrogens (tertiary/aromatic N) is 1. The summed E-state index contributed by atoms with van der Waals surface area (Å²) in [6.07, 6.45) is 0.397. The van der Waals surface area contributed by atoms with Gasteiger partial charge in [-0.25, -0.2) is 0 Å². The maximum absolute atomic E-state index is 12.0. The molecule has 0 saturated carbocycles. The minimum atomic E-state index is -0.0512. The lowest BCUT2D eigenvalue weighted by Crippen LogP contribution is -2.40. The van der Waals surface area contributed by atoms with Crippen molar-refractivity contribution < 1.29 is 4.79 Å². The molecule has 108 valence electrons. The topological polar surface area (TPSA) is 46.3 Å². The normalized spacial score (nSPS) is 10.8. The van der Waals surface area contributed by atoms with Gasteiger partial charge in [0.1, 0.15) is 0 Å². The number of hydrogen-bond donors (Lipinski definition) is 1. The summed E-state index contributed by atoms with van der Waals surface area (Å²) in [6.45, 7) is 5.33. The number of halogens is 2. The molecule has 0 aliphatic heterocycles. The van der Waals surface area contributed by atoms with Crippen molar-refractivity contribution in [1.29, 1.82) is 0 Å². The molecule has 0 bridgehead atoms. The molecular weight excluding hydrogens is 283 g/mol. The lowest BCUT2D eigenvalue weighted by Gasteiger charge is -2.29. The molecule has 2 N–H and O–H groups in total. The van der Waals surface area contributed by atoms with E-state index in [4.69, 9.17) is 17.3 Å². The van der Waals surface area contributed by atoms with Crippen molar-refractivity contribution in [3.8, 4) is 0 Å². The second-order valence-corrected chi connectivity index (χ2v) is 5.86.